The van der Waals surface area contributed by atoms with Crippen LogP contribution in [0, 0.1) is 0 Å². The van der Waals surface area contributed by atoms with Gasteiger partial charge in [0, 0.05) is 6.42 Å². The molecular formula is C14H24N2O4. The van der Waals surface area contributed by atoms with E-state index in [0.29, 0.717) is 0 Å². The van der Waals surface area contributed by atoms with E-state index in [9.17, 15) is 14.4 Å². The molecule has 0 spiro atoms. The number of allylic oxidation sites excluding steroid dienone is 1. The molecule has 0 fully saturated rings. The quantitative estimate of drug-likeness (QED) is 0.393. The van der Waals surface area contributed by atoms with Crippen molar-refractivity contribution in [1.82, 2.24) is 5.32 Å². The minimum atomic E-state index is -1.17. The van der Waals surface area contributed by atoms with E-state index >= 15 is 0 Å². The Morgan fingerprint density at radius 2 is 1.95 bits per heavy atom. The van der Waals surface area contributed by atoms with Crippen LogP contribution in [0.25, 0.3) is 0 Å². The van der Waals surface area contributed by atoms with Crippen molar-refractivity contribution in [2.75, 3.05) is 0 Å². The Hall–Kier alpha value is -1.85. The molecule has 6 heteroatoms. The van der Waals surface area contributed by atoms with Gasteiger partial charge in [-0.25, -0.2) is 4.79 Å². The van der Waals surface area contributed by atoms with E-state index in [1.807, 2.05) is 0 Å². The van der Waals surface area contributed by atoms with E-state index < -0.39 is 23.8 Å². The largest absolute Gasteiger partial charge is 0.480 e. The Balaban J connectivity index is 4.03. The lowest BCUT2D eigenvalue weighted by Crippen LogP contribution is -2.40. The smallest absolute Gasteiger partial charge is 0.326 e. The molecule has 0 heterocycles. The molecule has 0 aliphatic carbocycles. The molecule has 0 saturated carbocycles. The Bertz CT molecular complexity index is 353. The van der Waals surface area contributed by atoms with Crippen molar-refractivity contribution in [3.63, 3.8) is 0 Å². The highest BCUT2D eigenvalue weighted by molar-refractivity contribution is 5.91. The summed E-state index contributed by atoms with van der Waals surface area (Å²) in [4.78, 5) is 33.0. The molecular weight excluding hydrogens is 260 g/mol. The fraction of sp³-hybridized carbons (Fsp3) is 0.643. The second kappa shape index (κ2) is 11.0. The van der Waals surface area contributed by atoms with Crippen LogP contribution in [0.2, 0.25) is 0 Å². The first kappa shape index (κ1) is 18.1. The third-order valence-corrected chi connectivity index (χ3v) is 2.79. The van der Waals surface area contributed by atoms with Gasteiger partial charge >= 0.3 is 5.97 Å². The van der Waals surface area contributed by atoms with Gasteiger partial charge in [-0.15, -0.1) is 0 Å². The normalized spacial score (nSPS) is 12.2. The number of carbonyl (C=O) groups excluding carboxylic acids is 2. The molecule has 0 radical (unpaired) electrons. The Morgan fingerprint density at radius 1 is 1.25 bits per heavy atom. The van der Waals surface area contributed by atoms with Crippen LogP contribution < -0.4 is 11.1 Å². The predicted octanol–water partition coefficient (Wildman–Crippen LogP) is 1.35. The highest BCUT2D eigenvalue weighted by atomic mass is 16.4. The van der Waals surface area contributed by atoms with Gasteiger partial charge in [0.05, 0.1) is 0 Å². The fourth-order valence-corrected chi connectivity index (χ4v) is 1.64. The van der Waals surface area contributed by atoms with Crippen LogP contribution in [-0.4, -0.2) is 28.9 Å². The number of carboxylic acid groups (broad SMARTS) is 1. The zero-order valence-electron chi connectivity index (χ0n) is 11.9. The zero-order chi connectivity index (χ0) is 15.4. The molecule has 114 valence electrons. The molecule has 4 N–H and O–H groups in total. The van der Waals surface area contributed by atoms with Crippen LogP contribution in [0.5, 0.6) is 0 Å². The number of nitrogens with two attached hydrogens (primary N) is 1. The number of carbonyl (C=O) groups is 3. The molecule has 0 aliphatic rings. The van der Waals surface area contributed by atoms with Crippen LogP contribution in [0.4, 0.5) is 0 Å². The summed E-state index contributed by atoms with van der Waals surface area (Å²) >= 11 is 0. The fourth-order valence-electron chi connectivity index (χ4n) is 1.64. The highest BCUT2D eigenvalue weighted by Gasteiger charge is 2.19. The summed E-state index contributed by atoms with van der Waals surface area (Å²) in [7, 11) is 0. The second-order valence-electron chi connectivity index (χ2n) is 4.66. The van der Waals surface area contributed by atoms with Crippen LogP contribution in [0.3, 0.4) is 0 Å². The van der Waals surface area contributed by atoms with Gasteiger partial charge in [-0.05, 0) is 25.3 Å². The summed E-state index contributed by atoms with van der Waals surface area (Å²) in [5.74, 6) is -2.22. The van der Waals surface area contributed by atoms with Gasteiger partial charge in [0.1, 0.15) is 6.04 Å². The number of hydrogen-bond acceptors (Lipinski definition) is 3. The number of hydrogen-bond donors (Lipinski definition) is 3. The van der Waals surface area contributed by atoms with Crippen molar-refractivity contribution in [3.05, 3.63) is 12.2 Å². The number of unbranched alkanes of at least 4 members (excludes halogenated alkanes) is 4. The van der Waals surface area contributed by atoms with Crippen molar-refractivity contribution in [3.8, 4) is 0 Å². The monoisotopic (exact) mass is 284 g/mol. The van der Waals surface area contributed by atoms with Gasteiger partial charge in [0.2, 0.25) is 11.8 Å². The van der Waals surface area contributed by atoms with Gasteiger partial charge < -0.3 is 16.2 Å². The highest BCUT2D eigenvalue weighted by Crippen LogP contribution is 2.03. The van der Waals surface area contributed by atoms with E-state index in [4.69, 9.17) is 10.8 Å². The number of primary amides is 1. The molecule has 6 nitrogen and oxygen atoms in total. The molecule has 2 amide bonds. The van der Waals surface area contributed by atoms with Crippen molar-refractivity contribution in [2.45, 2.75) is 57.9 Å². The molecule has 0 aromatic rings. The van der Waals surface area contributed by atoms with E-state index in [1.165, 1.54) is 12.5 Å². The van der Waals surface area contributed by atoms with Crippen molar-refractivity contribution < 1.29 is 19.5 Å². The molecule has 0 aliphatic heterocycles. The average Bonchev–Trinajstić information content (AvgIpc) is 2.38. The van der Waals surface area contributed by atoms with Gasteiger partial charge in [0.15, 0.2) is 0 Å². The number of nitrogens with one attached hydrogen (secondary N) is 1. The third-order valence-electron chi connectivity index (χ3n) is 2.79. The lowest BCUT2D eigenvalue weighted by molar-refractivity contribution is -0.141. The van der Waals surface area contributed by atoms with Gasteiger partial charge in [-0.2, -0.15) is 0 Å². The summed E-state index contributed by atoms with van der Waals surface area (Å²) in [6, 6.07) is -1.08. The van der Waals surface area contributed by atoms with E-state index in [1.54, 1.807) is 6.08 Å². The first-order chi connectivity index (χ1) is 9.47. The maximum Gasteiger partial charge on any atom is 0.326 e. The van der Waals surface area contributed by atoms with Crippen molar-refractivity contribution >= 4 is 17.8 Å². The standard InChI is InChI=1S/C14H24N2O4/c1-2-3-4-5-6-7-8-13(18)16-11(14(19)20)9-10-12(15)17/h7-8,11H,2-6,9-10H2,1H3,(H2,15,17)(H,16,18)(H,19,20)/t11-/m0/s1. The molecule has 0 aromatic heterocycles. The SMILES string of the molecule is CCCCCCC=CC(=O)N[C@@H](CCC(N)=O)C(=O)O. The Labute approximate surface area is 119 Å². The molecule has 0 saturated heterocycles. The summed E-state index contributed by atoms with van der Waals surface area (Å²) < 4.78 is 0. The maximum atomic E-state index is 11.5. The zero-order valence-corrected chi connectivity index (χ0v) is 11.9. The minimum Gasteiger partial charge on any atom is -0.480 e. The van der Waals surface area contributed by atoms with Crippen molar-refractivity contribution in [2.24, 2.45) is 5.73 Å². The Kier molecular flexibility index (Phi) is 10.00. The summed E-state index contributed by atoms with van der Waals surface area (Å²) in [5.41, 5.74) is 4.95. The Morgan fingerprint density at radius 3 is 2.50 bits per heavy atom. The number of carboxylic acids is 1. The van der Waals surface area contributed by atoms with E-state index in [2.05, 4.69) is 12.2 Å². The molecule has 0 unspecified atom stereocenters. The molecule has 0 bridgehead atoms. The van der Waals surface area contributed by atoms with Gasteiger partial charge in [-0.1, -0.05) is 32.3 Å². The lowest BCUT2D eigenvalue weighted by atomic mass is 10.1. The summed E-state index contributed by atoms with van der Waals surface area (Å²) in [6.07, 6.45) is 8.27. The average molecular weight is 284 g/mol. The predicted molar refractivity (Wildman–Crippen MR) is 75.9 cm³/mol. The first-order valence-electron chi connectivity index (χ1n) is 6.95. The van der Waals surface area contributed by atoms with E-state index in [-0.39, 0.29) is 12.8 Å². The first-order valence-corrected chi connectivity index (χ1v) is 6.95. The molecule has 0 aromatic carbocycles. The lowest BCUT2D eigenvalue weighted by Gasteiger charge is -2.11. The van der Waals surface area contributed by atoms with Gasteiger partial charge in [0.25, 0.3) is 0 Å². The number of aliphatic carboxylic acids is 1. The van der Waals surface area contributed by atoms with Crippen LogP contribution in [0.1, 0.15) is 51.9 Å². The molecule has 0 rings (SSSR count). The van der Waals surface area contributed by atoms with Crippen LogP contribution >= 0.6 is 0 Å². The topological polar surface area (TPSA) is 109 Å². The second-order valence-corrected chi connectivity index (χ2v) is 4.66. The number of amides is 2. The van der Waals surface area contributed by atoms with Crippen LogP contribution in [-0.2, 0) is 14.4 Å². The summed E-state index contributed by atoms with van der Waals surface area (Å²) in [6.45, 7) is 2.13. The summed E-state index contributed by atoms with van der Waals surface area (Å²) in [5, 5.41) is 11.3. The van der Waals surface area contributed by atoms with E-state index in [0.717, 1.165) is 25.7 Å². The van der Waals surface area contributed by atoms with Crippen LogP contribution in [0.15, 0.2) is 12.2 Å². The maximum absolute atomic E-state index is 11.5. The third kappa shape index (κ3) is 10.1. The minimum absolute atomic E-state index is 0.000741. The van der Waals surface area contributed by atoms with Gasteiger partial charge in [-0.3, -0.25) is 9.59 Å². The molecule has 20 heavy (non-hydrogen) atoms. The number of rotatable bonds is 11. The molecule has 1 atom stereocenters. The van der Waals surface area contributed by atoms with Crippen molar-refractivity contribution in [1.29, 1.82) is 0 Å².